The number of rotatable bonds is 2. The molecule has 3 aromatic heterocycles. The van der Waals surface area contributed by atoms with Crippen LogP contribution in [0.2, 0.25) is 0 Å². The summed E-state index contributed by atoms with van der Waals surface area (Å²) >= 11 is 0. The maximum atomic E-state index is 6.57. The van der Waals surface area contributed by atoms with Crippen LogP contribution < -0.4 is 0 Å². The van der Waals surface area contributed by atoms with Crippen molar-refractivity contribution in [1.29, 1.82) is 0 Å². The van der Waals surface area contributed by atoms with Gasteiger partial charge in [-0.3, -0.25) is 0 Å². The van der Waals surface area contributed by atoms with E-state index in [-0.39, 0.29) is 0 Å². The van der Waals surface area contributed by atoms with E-state index in [0.717, 1.165) is 27.6 Å². The zero-order valence-electron chi connectivity index (χ0n) is 23.2. The van der Waals surface area contributed by atoms with Crippen molar-refractivity contribution in [2.75, 3.05) is 0 Å². The molecule has 10 aromatic rings. The summed E-state index contributed by atoms with van der Waals surface area (Å²) in [5.74, 6) is 0. The van der Waals surface area contributed by atoms with Gasteiger partial charge in [0.1, 0.15) is 5.58 Å². The minimum Gasteiger partial charge on any atom is -0.454 e. The average molecular weight is 549 g/mol. The Kier molecular flexibility index (Phi) is 4.45. The van der Waals surface area contributed by atoms with Gasteiger partial charge >= 0.3 is 0 Å². The summed E-state index contributed by atoms with van der Waals surface area (Å²) in [5, 5.41) is 9.75. The van der Waals surface area contributed by atoms with Crippen molar-refractivity contribution in [2.45, 2.75) is 0 Å². The van der Waals surface area contributed by atoms with E-state index in [9.17, 15) is 0 Å². The van der Waals surface area contributed by atoms with Crippen LogP contribution in [0.25, 0.3) is 87.7 Å². The Balaban J connectivity index is 1.40. The molecule has 0 aliphatic heterocycles. The number of furan rings is 1. The number of para-hydroxylation sites is 5. The molecule has 0 atom stereocenters. The first-order valence-electron chi connectivity index (χ1n) is 14.7. The standard InChI is InChI=1S/C40H24N2O/c1-2-11-25(12-3-1)41-34-18-8-5-15-32(34)38-28-21-22-29-26-13-4-7-17-33(26)42(39(29)30(28)23-24-35(38)41)36-19-10-16-31-27-14-6-9-20-37(27)43-40(31)36/h1-24H. The summed E-state index contributed by atoms with van der Waals surface area (Å²) in [6.07, 6.45) is 0. The number of hydrogen-bond donors (Lipinski definition) is 0. The summed E-state index contributed by atoms with van der Waals surface area (Å²) in [6, 6.07) is 52.2. The minimum atomic E-state index is 0.908. The Morgan fingerprint density at radius 3 is 1.86 bits per heavy atom. The van der Waals surface area contributed by atoms with Crippen molar-refractivity contribution in [3.63, 3.8) is 0 Å². The van der Waals surface area contributed by atoms with Crippen molar-refractivity contribution >= 4 is 76.3 Å². The van der Waals surface area contributed by atoms with Crippen LogP contribution in [0.4, 0.5) is 0 Å². The van der Waals surface area contributed by atoms with Crippen LogP contribution in [0.1, 0.15) is 0 Å². The highest BCUT2D eigenvalue weighted by Gasteiger charge is 2.21. The molecule has 0 amide bonds. The predicted molar refractivity (Wildman–Crippen MR) is 180 cm³/mol. The summed E-state index contributed by atoms with van der Waals surface area (Å²) < 4.78 is 11.4. The van der Waals surface area contributed by atoms with Crippen LogP contribution in [0.3, 0.4) is 0 Å². The fourth-order valence-corrected chi connectivity index (χ4v) is 7.35. The minimum absolute atomic E-state index is 0.908. The van der Waals surface area contributed by atoms with E-state index in [1.54, 1.807) is 0 Å². The monoisotopic (exact) mass is 548 g/mol. The van der Waals surface area contributed by atoms with Gasteiger partial charge in [0.2, 0.25) is 0 Å². The van der Waals surface area contributed by atoms with Crippen molar-refractivity contribution in [1.82, 2.24) is 9.13 Å². The highest BCUT2D eigenvalue weighted by Crippen LogP contribution is 2.43. The van der Waals surface area contributed by atoms with E-state index in [2.05, 4.69) is 149 Å². The summed E-state index contributed by atoms with van der Waals surface area (Å²) in [5.41, 5.74) is 8.83. The molecular formula is C40H24N2O. The molecule has 43 heavy (non-hydrogen) atoms. The second-order valence-electron chi connectivity index (χ2n) is 11.3. The first-order chi connectivity index (χ1) is 21.4. The number of aromatic nitrogens is 2. The average Bonchev–Trinajstić information content (AvgIpc) is 3.73. The lowest BCUT2D eigenvalue weighted by molar-refractivity contribution is 0.666. The third-order valence-electron chi connectivity index (χ3n) is 9.10. The van der Waals surface area contributed by atoms with Crippen LogP contribution in [0.5, 0.6) is 0 Å². The van der Waals surface area contributed by atoms with Crippen LogP contribution >= 0.6 is 0 Å². The van der Waals surface area contributed by atoms with E-state index in [1.165, 1.54) is 60.1 Å². The summed E-state index contributed by atoms with van der Waals surface area (Å²) in [6.45, 7) is 0. The highest BCUT2D eigenvalue weighted by molar-refractivity contribution is 6.28. The molecule has 0 aliphatic rings. The third kappa shape index (κ3) is 2.98. The molecular weight excluding hydrogens is 524 g/mol. The molecule has 200 valence electrons. The normalized spacial score (nSPS) is 12.2. The van der Waals surface area contributed by atoms with Crippen LogP contribution in [0, 0.1) is 0 Å². The Hall–Kier alpha value is -5.80. The third-order valence-corrected chi connectivity index (χ3v) is 9.10. The molecule has 0 unspecified atom stereocenters. The van der Waals surface area contributed by atoms with Crippen molar-refractivity contribution in [3.8, 4) is 11.4 Å². The van der Waals surface area contributed by atoms with Crippen LogP contribution in [-0.2, 0) is 0 Å². The molecule has 0 saturated heterocycles. The molecule has 0 N–H and O–H groups in total. The molecule has 0 aliphatic carbocycles. The van der Waals surface area contributed by atoms with Gasteiger partial charge in [-0.15, -0.1) is 0 Å². The molecule has 0 bridgehead atoms. The molecule has 3 heteroatoms. The van der Waals surface area contributed by atoms with Gasteiger partial charge in [-0.2, -0.15) is 0 Å². The van der Waals surface area contributed by atoms with Crippen molar-refractivity contribution in [2.24, 2.45) is 0 Å². The Labute approximate surface area is 246 Å². The van der Waals surface area contributed by atoms with Crippen molar-refractivity contribution in [3.05, 3.63) is 146 Å². The van der Waals surface area contributed by atoms with Gasteiger partial charge in [-0.25, -0.2) is 0 Å². The maximum absolute atomic E-state index is 6.57. The lowest BCUT2D eigenvalue weighted by Crippen LogP contribution is -1.95. The van der Waals surface area contributed by atoms with Gasteiger partial charge in [0.25, 0.3) is 0 Å². The molecule has 3 heterocycles. The zero-order chi connectivity index (χ0) is 28.1. The zero-order valence-corrected chi connectivity index (χ0v) is 23.2. The van der Waals surface area contributed by atoms with Gasteiger partial charge in [-0.1, -0.05) is 103 Å². The van der Waals surface area contributed by atoms with E-state index in [1.807, 2.05) is 6.07 Å². The summed E-state index contributed by atoms with van der Waals surface area (Å²) in [7, 11) is 0. The van der Waals surface area contributed by atoms with E-state index in [4.69, 9.17) is 4.42 Å². The Bertz CT molecular complexity index is 2720. The predicted octanol–water partition coefficient (Wildman–Crippen LogP) is 10.9. The molecule has 0 spiro atoms. The number of benzene rings is 7. The molecule has 7 aromatic carbocycles. The molecule has 0 saturated carbocycles. The second-order valence-corrected chi connectivity index (χ2v) is 11.3. The van der Waals surface area contributed by atoms with E-state index < -0.39 is 0 Å². The maximum Gasteiger partial charge on any atom is 0.159 e. The van der Waals surface area contributed by atoms with Gasteiger partial charge in [-0.05, 0) is 47.9 Å². The smallest absolute Gasteiger partial charge is 0.159 e. The first kappa shape index (κ1) is 22.8. The van der Waals surface area contributed by atoms with E-state index >= 15 is 0 Å². The van der Waals surface area contributed by atoms with Gasteiger partial charge < -0.3 is 13.6 Å². The van der Waals surface area contributed by atoms with E-state index in [0.29, 0.717) is 0 Å². The molecule has 3 nitrogen and oxygen atoms in total. The topological polar surface area (TPSA) is 23.0 Å². The lowest BCUT2D eigenvalue weighted by Gasteiger charge is -2.12. The number of hydrogen-bond acceptors (Lipinski definition) is 1. The fourth-order valence-electron chi connectivity index (χ4n) is 7.35. The summed E-state index contributed by atoms with van der Waals surface area (Å²) in [4.78, 5) is 0. The quantitative estimate of drug-likeness (QED) is 0.211. The number of fused-ring (bicyclic) bond motifs is 12. The second kappa shape index (κ2) is 8.37. The van der Waals surface area contributed by atoms with Crippen LogP contribution in [0.15, 0.2) is 150 Å². The SMILES string of the molecule is c1ccc(-n2c3ccccc3c3c4ccc5c6ccccc6n(-c6cccc7c6oc6ccccc67)c5c4ccc32)cc1. The number of nitrogens with zero attached hydrogens (tertiary/aromatic N) is 2. The fraction of sp³-hybridized carbons (Fsp3) is 0. The highest BCUT2D eigenvalue weighted by atomic mass is 16.3. The van der Waals surface area contributed by atoms with Gasteiger partial charge in [0.15, 0.2) is 5.58 Å². The van der Waals surface area contributed by atoms with Crippen molar-refractivity contribution < 1.29 is 4.42 Å². The molecule has 0 radical (unpaired) electrons. The lowest BCUT2D eigenvalue weighted by atomic mass is 10.0. The Morgan fingerprint density at radius 1 is 0.372 bits per heavy atom. The van der Waals surface area contributed by atoms with Gasteiger partial charge in [0, 0.05) is 43.4 Å². The molecule has 0 fully saturated rings. The largest absolute Gasteiger partial charge is 0.454 e. The Morgan fingerprint density at radius 2 is 1.00 bits per heavy atom. The first-order valence-corrected chi connectivity index (χ1v) is 14.7. The van der Waals surface area contributed by atoms with Crippen LogP contribution in [-0.4, -0.2) is 9.13 Å². The van der Waals surface area contributed by atoms with Gasteiger partial charge in [0.05, 0.1) is 27.8 Å². The molecule has 10 rings (SSSR count).